The molecule has 1 atom stereocenters. The van der Waals surface area contributed by atoms with Gasteiger partial charge in [0, 0.05) is 31.9 Å². The predicted octanol–water partition coefficient (Wildman–Crippen LogP) is 2.63. The lowest BCUT2D eigenvalue weighted by Gasteiger charge is -2.33. The second-order valence-corrected chi connectivity index (χ2v) is 5.98. The summed E-state index contributed by atoms with van der Waals surface area (Å²) in [7, 11) is 0. The Morgan fingerprint density at radius 3 is 2.79 bits per heavy atom. The van der Waals surface area contributed by atoms with Crippen molar-refractivity contribution in [2.45, 2.75) is 51.0 Å². The van der Waals surface area contributed by atoms with Crippen LogP contribution in [-0.2, 0) is 4.79 Å². The maximum absolute atomic E-state index is 12.4. The summed E-state index contributed by atoms with van der Waals surface area (Å²) >= 11 is 0. The number of piperidine rings is 1. The Kier molecular flexibility index (Phi) is 3.85. The fourth-order valence-corrected chi connectivity index (χ4v) is 3.48. The van der Waals surface area contributed by atoms with Crippen LogP contribution in [0.4, 0.5) is 0 Å². The molecular formula is C15H23N3O. The molecule has 1 amide bonds. The van der Waals surface area contributed by atoms with E-state index in [1.54, 1.807) is 0 Å². The van der Waals surface area contributed by atoms with Crippen LogP contribution in [0, 0.1) is 5.92 Å². The van der Waals surface area contributed by atoms with Crippen molar-refractivity contribution in [2.75, 3.05) is 13.1 Å². The van der Waals surface area contributed by atoms with Crippen LogP contribution in [0.25, 0.3) is 0 Å². The smallest absolute Gasteiger partial charge is 0.222 e. The second-order valence-electron chi connectivity index (χ2n) is 5.98. The Balaban J connectivity index is 1.56. The van der Waals surface area contributed by atoms with E-state index in [0.717, 1.165) is 32.4 Å². The Hall–Kier alpha value is -1.32. The van der Waals surface area contributed by atoms with Crippen LogP contribution in [0.15, 0.2) is 18.5 Å². The van der Waals surface area contributed by atoms with E-state index in [-0.39, 0.29) is 0 Å². The van der Waals surface area contributed by atoms with Crippen molar-refractivity contribution >= 4 is 5.91 Å². The van der Waals surface area contributed by atoms with Gasteiger partial charge in [-0.2, -0.15) is 5.10 Å². The molecule has 1 saturated carbocycles. The number of carbonyl (C=O) groups excluding carboxylic acids is 1. The van der Waals surface area contributed by atoms with Crippen LogP contribution in [0.2, 0.25) is 0 Å². The van der Waals surface area contributed by atoms with E-state index in [1.807, 2.05) is 23.1 Å². The molecule has 1 aliphatic carbocycles. The van der Waals surface area contributed by atoms with Gasteiger partial charge in [-0.25, -0.2) is 0 Å². The largest absolute Gasteiger partial charge is 0.341 e. The molecule has 19 heavy (non-hydrogen) atoms. The highest BCUT2D eigenvalue weighted by Gasteiger charge is 2.27. The zero-order chi connectivity index (χ0) is 13.1. The number of hydrogen-bond donors (Lipinski definition) is 0. The van der Waals surface area contributed by atoms with Gasteiger partial charge in [-0.15, -0.1) is 0 Å². The summed E-state index contributed by atoms with van der Waals surface area (Å²) in [6, 6.07) is 2.33. The summed E-state index contributed by atoms with van der Waals surface area (Å²) in [5.74, 6) is 1.02. The molecule has 1 aliphatic heterocycles. The minimum Gasteiger partial charge on any atom is -0.341 e. The lowest BCUT2D eigenvalue weighted by molar-refractivity contribution is -0.133. The Labute approximate surface area is 114 Å². The molecule has 4 heteroatoms. The number of aromatic nitrogens is 2. The molecule has 1 aromatic heterocycles. The van der Waals surface area contributed by atoms with Crippen LogP contribution < -0.4 is 0 Å². The minimum absolute atomic E-state index is 0.365. The monoisotopic (exact) mass is 261 g/mol. The molecule has 0 unspecified atom stereocenters. The predicted molar refractivity (Wildman–Crippen MR) is 73.7 cm³/mol. The summed E-state index contributed by atoms with van der Waals surface area (Å²) in [6.07, 6.45) is 12.0. The van der Waals surface area contributed by atoms with Gasteiger partial charge in [-0.05, 0) is 37.7 Å². The lowest BCUT2D eigenvalue weighted by Crippen LogP contribution is -2.41. The highest BCUT2D eigenvalue weighted by Crippen LogP contribution is 2.29. The first-order valence-corrected chi connectivity index (χ1v) is 7.60. The van der Waals surface area contributed by atoms with Crippen molar-refractivity contribution < 1.29 is 4.79 Å². The van der Waals surface area contributed by atoms with E-state index >= 15 is 0 Å². The Bertz CT molecular complexity index is 409. The summed E-state index contributed by atoms with van der Waals surface area (Å²) in [4.78, 5) is 14.4. The summed E-state index contributed by atoms with van der Waals surface area (Å²) in [5, 5.41) is 4.32. The molecule has 1 saturated heterocycles. The topological polar surface area (TPSA) is 38.1 Å². The first-order chi connectivity index (χ1) is 9.33. The fraction of sp³-hybridized carbons (Fsp3) is 0.733. The van der Waals surface area contributed by atoms with Crippen LogP contribution in [0.5, 0.6) is 0 Å². The summed E-state index contributed by atoms with van der Waals surface area (Å²) in [5.41, 5.74) is 0. The van der Waals surface area contributed by atoms with Gasteiger partial charge >= 0.3 is 0 Å². The third-order valence-electron chi connectivity index (χ3n) is 4.59. The first-order valence-electron chi connectivity index (χ1n) is 7.60. The van der Waals surface area contributed by atoms with Gasteiger partial charge in [-0.3, -0.25) is 9.48 Å². The van der Waals surface area contributed by atoms with Gasteiger partial charge in [0.1, 0.15) is 0 Å². The van der Waals surface area contributed by atoms with E-state index in [9.17, 15) is 4.79 Å². The number of hydrogen-bond acceptors (Lipinski definition) is 2. The molecule has 2 fully saturated rings. The van der Waals surface area contributed by atoms with Gasteiger partial charge in [0.05, 0.1) is 6.04 Å². The normalized spacial score (nSPS) is 24.8. The minimum atomic E-state index is 0.365. The van der Waals surface area contributed by atoms with Gasteiger partial charge in [0.15, 0.2) is 0 Å². The van der Waals surface area contributed by atoms with Crippen molar-refractivity contribution in [3.05, 3.63) is 18.5 Å². The highest BCUT2D eigenvalue weighted by molar-refractivity contribution is 5.76. The molecule has 104 valence electrons. The molecule has 2 heterocycles. The highest BCUT2D eigenvalue weighted by atomic mass is 16.2. The van der Waals surface area contributed by atoms with E-state index in [1.165, 1.54) is 25.7 Å². The summed E-state index contributed by atoms with van der Waals surface area (Å²) in [6.45, 7) is 1.77. The van der Waals surface area contributed by atoms with Crippen molar-refractivity contribution in [3.63, 3.8) is 0 Å². The van der Waals surface area contributed by atoms with Crippen LogP contribution >= 0.6 is 0 Å². The zero-order valence-corrected chi connectivity index (χ0v) is 11.5. The molecule has 0 aromatic carbocycles. The van der Waals surface area contributed by atoms with E-state index in [4.69, 9.17) is 0 Å². The number of rotatable bonds is 3. The molecule has 0 N–H and O–H groups in total. The number of likely N-dealkylation sites (tertiary alicyclic amines) is 1. The van der Waals surface area contributed by atoms with Gasteiger partial charge in [-0.1, -0.05) is 12.8 Å². The maximum Gasteiger partial charge on any atom is 0.222 e. The molecule has 0 spiro atoms. The quantitative estimate of drug-likeness (QED) is 0.839. The van der Waals surface area contributed by atoms with Gasteiger partial charge in [0.2, 0.25) is 5.91 Å². The van der Waals surface area contributed by atoms with Crippen molar-refractivity contribution in [3.8, 4) is 0 Å². The number of amides is 1. The molecule has 0 bridgehead atoms. The fourth-order valence-electron chi connectivity index (χ4n) is 3.48. The van der Waals surface area contributed by atoms with Crippen LogP contribution in [0.3, 0.4) is 0 Å². The average Bonchev–Trinajstić information content (AvgIpc) is 3.12. The molecule has 0 radical (unpaired) electrons. The van der Waals surface area contributed by atoms with Crippen LogP contribution in [-0.4, -0.2) is 33.7 Å². The number of nitrogens with zero attached hydrogens (tertiary/aromatic N) is 3. The third-order valence-corrected chi connectivity index (χ3v) is 4.59. The number of carbonyl (C=O) groups is 1. The van der Waals surface area contributed by atoms with Gasteiger partial charge in [0.25, 0.3) is 0 Å². The molecule has 4 nitrogen and oxygen atoms in total. The Morgan fingerprint density at radius 2 is 2.05 bits per heavy atom. The lowest BCUT2D eigenvalue weighted by atomic mass is 10.0. The van der Waals surface area contributed by atoms with Crippen molar-refractivity contribution in [2.24, 2.45) is 5.92 Å². The Morgan fingerprint density at radius 1 is 1.21 bits per heavy atom. The molecule has 3 rings (SSSR count). The second kappa shape index (κ2) is 5.76. The van der Waals surface area contributed by atoms with Gasteiger partial charge < -0.3 is 4.90 Å². The molecule has 1 aromatic rings. The van der Waals surface area contributed by atoms with Crippen molar-refractivity contribution in [1.82, 2.24) is 14.7 Å². The SMILES string of the molecule is O=C(CC1CCCC1)N1CCC[C@H](n2cccn2)C1. The maximum atomic E-state index is 12.4. The zero-order valence-electron chi connectivity index (χ0n) is 11.5. The van der Waals surface area contributed by atoms with E-state index < -0.39 is 0 Å². The van der Waals surface area contributed by atoms with E-state index in [0.29, 0.717) is 17.9 Å². The third kappa shape index (κ3) is 2.99. The molecule has 2 aliphatic rings. The summed E-state index contributed by atoms with van der Waals surface area (Å²) < 4.78 is 2.01. The van der Waals surface area contributed by atoms with Crippen LogP contribution in [0.1, 0.15) is 51.0 Å². The van der Waals surface area contributed by atoms with E-state index in [2.05, 4.69) is 10.00 Å². The first kappa shape index (κ1) is 12.7. The standard InChI is InChI=1S/C15H23N3O/c19-15(11-13-5-1-2-6-13)17-9-3-7-14(12-17)18-10-4-8-16-18/h4,8,10,13-14H,1-3,5-7,9,11-12H2/t14-/m0/s1. The van der Waals surface area contributed by atoms with Crippen molar-refractivity contribution in [1.29, 1.82) is 0 Å². The molecular weight excluding hydrogens is 238 g/mol. The average molecular weight is 261 g/mol.